The summed E-state index contributed by atoms with van der Waals surface area (Å²) in [7, 11) is 5.89. The lowest BCUT2D eigenvalue weighted by Crippen LogP contribution is -2.37. The van der Waals surface area contributed by atoms with Crippen LogP contribution in [0.4, 0.5) is 0 Å². The topological polar surface area (TPSA) is 46.6 Å². The Balaban J connectivity index is 2.00. The van der Waals surface area contributed by atoms with Gasteiger partial charge in [0, 0.05) is 31.4 Å². The molecule has 0 spiro atoms. The first-order valence-corrected chi connectivity index (χ1v) is 8.95. The van der Waals surface area contributed by atoms with Crippen molar-refractivity contribution in [2.75, 3.05) is 34.3 Å². The second-order valence-electron chi connectivity index (χ2n) is 7.59. The van der Waals surface area contributed by atoms with Gasteiger partial charge in [0.25, 0.3) is 0 Å². The molecule has 142 valence electrons. The van der Waals surface area contributed by atoms with Crippen LogP contribution in [0.25, 0.3) is 0 Å². The predicted molar refractivity (Wildman–Crippen MR) is 106 cm³/mol. The predicted octanol–water partition coefficient (Wildman–Crippen LogP) is 3.35. The first-order valence-electron chi connectivity index (χ1n) is 8.95. The maximum atomic E-state index is 6.00. The molecule has 1 aromatic carbocycles. The standard InChI is InChI=1S/C21H31N3O2/c1-21(2,16-24(3)4)15-22-13-17-12-19(25-5)9-10-20(17)26-14-18-8-6-7-11-23-18/h6-12,22H,13-16H2,1-5H3. The Morgan fingerprint density at radius 3 is 2.62 bits per heavy atom. The fourth-order valence-corrected chi connectivity index (χ4v) is 3.04. The Bertz CT molecular complexity index is 672. The molecule has 0 unspecified atom stereocenters. The smallest absolute Gasteiger partial charge is 0.130 e. The molecule has 5 nitrogen and oxygen atoms in total. The second kappa shape index (κ2) is 9.55. The van der Waals surface area contributed by atoms with Crippen molar-refractivity contribution in [2.45, 2.75) is 27.0 Å². The minimum Gasteiger partial charge on any atom is -0.497 e. The van der Waals surface area contributed by atoms with Crippen molar-refractivity contribution < 1.29 is 9.47 Å². The Labute approximate surface area is 157 Å². The molecule has 2 aromatic rings. The summed E-state index contributed by atoms with van der Waals surface area (Å²) in [6.07, 6.45) is 1.78. The van der Waals surface area contributed by atoms with Crippen LogP contribution in [-0.4, -0.2) is 44.2 Å². The van der Waals surface area contributed by atoms with Crippen LogP contribution in [0, 0.1) is 5.41 Å². The molecule has 1 N–H and O–H groups in total. The van der Waals surface area contributed by atoms with E-state index in [2.05, 4.69) is 43.1 Å². The summed E-state index contributed by atoms with van der Waals surface area (Å²) in [6, 6.07) is 11.7. The van der Waals surface area contributed by atoms with E-state index in [1.807, 2.05) is 36.4 Å². The summed E-state index contributed by atoms with van der Waals surface area (Å²) in [5.41, 5.74) is 2.19. The molecule has 0 bridgehead atoms. The van der Waals surface area contributed by atoms with Crippen molar-refractivity contribution in [3.8, 4) is 11.5 Å². The number of benzene rings is 1. The summed E-state index contributed by atoms with van der Waals surface area (Å²) >= 11 is 0. The first-order chi connectivity index (χ1) is 12.4. The van der Waals surface area contributed by atoms with Gasteiger partial charge >= 0.3 is 0 Å². The fraction of sp³-hybridized carbons (Fsp3) is 0.476. The van der Waals surface area contributed by atoms with Crippen molar-refractivity contribution in [2.24, 2.45) is 5.41 Å². The van der Waals surface area contributed by atoms with Gasteiger partial charge in [0.05, 0.1) is 12.8 Å². The van der Waals surface area contributed by atoms with Crippen LogP contribution in [0.5, 0.6) is 11.5 Å². The first kappa shape index (κ1) is 20.2. The van der Waals surface area contributed by atoms with Gasteiger partial charge in [-0.3, -0.25) is 4.98 Å². The number of hydrogen-bond acceptors (Lipinski definition) is 5. The van der Waals surface area contributed by atoms with Crippen LogP contribution >= 0.6 is 0 Å². The quantitative estimate of drug-likeness (QED) is 0.707. The molecular weight excluding hydrogens is 326 g/mol. The third-order valence-electron chi connectivity index (χ3n) is 4.03. The lowest BCUT2D eigenvalue weighted by Gasteiger charge is -2.28. The molecule has 26 heavy (non-hydrogen) atoms. The Hall–Kier alpha value is -2.11. The average Bonchev–Trinajstić information content (AvgIpc) is 2.60. The van der Waals surface area contributed by atoms with Crippen LogP contribution in [0.15, 0.2) is 42.6 Å². The molecule has 0 aliphatic heterocycles. The van der Waals surface area contributed by atoms with Gasteiger partial charge in [-0.25, -0.2) is 0 Å². The molecule has 5 heteroatoms. The lowest BCUT2D eigenvalue weighted by atomic mass is 9.93. The summed E-state index contributed by atoms with van der Waals surface area (Å²) < 4.78 is 11.4. The molecule has 0 aliphatic carbocycles. The van der Waals surface area contributed by atoms with E-state index in [1.165, 1.54) is 0 Å². The summed E-state index contributed by atoms with van der Waals surface area (Å²) in [4.78, 5) is 6.53. The third kappa shape index (κ3) is 6.65. The summed E-state index contributed by atoms with van der Waals surface area (Å²) in [5.74, 6) is 1.69. The zero-order valence-electron chi connectivity index (χ0n) is 16.6. The highest BCUT2D eigenvalue weighted by Crippen LogP contribution is 2.25. The van der Waals surface area contributed by atoms with Crippen molar-refractivity contribution in [3.63, 3.8) is 0 Å². The third-order valence-corrected chi connectivity index (χ3v) is 4.03. The maximum absolute atomic E-state index is 6.00. The lowest BCUT2D eigenvalue weighted by molar-refractivity contribution is 0.231. The van der Waals surface area contributed by atoms with Crippen LogP contribution in [0.3, 0.4) is 0 Å². The van der Waals surface area contributed by atoms with E-state index in [4.69, 9.17) is 9.47 Å². The van der Waals surface area contributed by atoms with Crippen molar-refractivity contribution in [1.29, 1.82) is 0 Å². The molecule has 0 amide bonds. The maximum Gasteiger partial charge on any atom is 0.130 e. The van der Waals surface area contributed by atoms with Crippen LogP contribution in [0.1, 0.15) is 25.1 Å². The van der Waals surface area contributed by atoms with E-state index < -0.39 is 0 Å². The van der Waals surface area contributed by atoms with E-state index >= 15 is 0 Å². The normalized spacial score (nSPS) is 11.6. The molecule has 0 atom stereocenters. The molecule has 1 heterocycles. The molecule has 0 fully saturated rings. The van der Waals surface area contributed by atoms with Crippen molar-refractivity contribution in [3.05, 3.63) is 53.9 Å². The SMILES string of the molecule is COc1ccc(OCc2ccccn2)c(CNCC(C)(C)CN(C)C)c1. The van der Waals surface area contributed by atoms with Crippen molar-refractivity contribution >= 4 is 0 Å². The molecule has 0 aliphatic rings. The molecule has 0 saturated carbocycles. The average molecular weight is 357 g/mol. The molecule has 0 radical (unpaired) electrons. The Morgan fingerprint density at radius 1 is 1.15 bits per heavy atom. The Morgan fingerprint density at radius 2 is 1.96 bits per heavy atom. The number of aromatic nitrogens is 1. The van der Waals surface area contributed by atoms with Gasteiger partial charge in [-0.15, -0.1) is 0 Å². The molecule has 2 rings (SSSR count). The fourth-order valence-electron chi connectivity index (χ4n) is 3.04. The van der Waals surface area contributed by atoms with Crippen LogP contribution < -0.4 is 14.8 Å². The monoisotopic (exact) mass is 357 g/mol. The van der Waals surface area contributed by atoms with Crippen LogP contribution in [-0.2, 0) is 13.2 Å². The number of hydrogen-bond donors (Lipinski definition) is 1. The van der Waals surface area contributed by atoms with E-state index in [1.54, 1.807) is 13.3 Å². The number of pyridine rings is 1. The van der Waals surface area contributed by atoms with Crippen LogP contribution in [0.2, 0.25) is 0 Å². The van der Waals surface area contributed by atoms with Gasteiger partial charge in [-0.05, 0) is 49.8 Å². The van der Waals surface area contributed by atoms with E-state index in [-0.39, 0.29) is 5.41 Å². The summed E-state index contributed by atoms with van der Waals surface area (Å²) in [6.45, 7) is 7.66. The van der Waals surface area contributed by atoms with Gasteiger partial charge in [0.1, 0.15) is 18.1 Å². The van der Waals surface area contributed by atoms with Gasteiger partial charge < -0.3 is 19.7 Å². The summed E-state index contributed by atoms with van der Waals surface area (Å²) in [5, 5.41) is 3.56. The molecular formula is C21H31N3O2. The minimum absolute atomic E-state index is 0.192. The van der Waals surface area contributed by atoms with E-state index in [0.29, 0.717) is 6.61 Å². The number of nitrogens with zero attached hydrogens (tertiary/aromatic N) is 2. The Kier molecular flexibility index (Phi) is 7.42. The highest BCUT2D eigenvalue weighted by atomic mass is 16.5. The van der Waals surface area contributed by atoms with Gasteiger partial charge in [0.15, 0.2) is 0 Å². The number of ether oxygens (including phenoxy) is 2. The number of rotatable bonds is 10. The highest BCUT2D eigenvalue weighted by Gasteiger charge is 2.18. The van der Waals surface area contributed by atoms with Gasteiger partial charge in [0.2, 0.25) is 0 Å². The minimum atomic E-state index is 0.192. The molecule has 1 aromatic heterocycles. The molecule has 0 saturated heterocycles. The largest absolute Gasteiger partial charge is 0.497 e. The number of methoxy groups -OCH3 is 1. The number of nitrogens with one attached hydrogen (secondary N) is 1. The zero-order chi connectivity index (χ0) is 19.0. The van der Waals surface area contributed by atoms with Gasteiger partial charge in [-0.2, -0.15) is 0 Å². The van der Waals surface area contributed by atoms with E-state index in [0.717, 1.165) is 42.4 Å². The second-order valence-corrected chi connectivity index (χ2v) is 7.59. The van der Waals surface area contributed by atoms with Crippen molar-refractivity contribution in [1.82, 2.24) is 15.2 Å². The van der Waals surface area contributed by atoms with Gasteiger partial charge in [-0.1, -0.05) is 19.9 Å². The van der Waals surface area contributed by atoms with E-state index in [9.17, 15) is 0 Å². The highest BCUT2D eigenvalue weighted by molar-refractivity contribution is 5.40. The zero-order valence-corrected chi connectivity index (χ0v) is 16.6.